The number of aromatic nitrogens is 3. The van der Waals surface area contributed by atoms with E-state index in [0.29, 0.717) is 24.4 Å². The van der Waals surface area contributed by atoms with Gasteiger partial charge in [0.05, 0.1) is 19.3 Å². The van der Waals surface area contributed by atoms with Gasteiger partial charge in [-0.1, -0.05) is 18.2 Å². The lowest BCUT2D eigenvalue weighted by molar-refractivity contribution is 0.0926. The number of benzene rings is 1. The highest BCUT2D eigenvalue weighted by Gasteiger charge is 2.22. The van der Waals surface area contributed by atoms with Crippen LogP contribution >= 0.6 is 0 Å². The van der Waals surface area contributed by atoms with E-state index >= 15 is 0 Å². The van der Waals surface area contributed by atoms with Crippen molar-refractivity contribution >= 4 is 16.9 Å². The van der Waals surface area contributed by atoms with E-state index < -0.39 is 0 Å². The summed E-state index contributed by atoms with van der Waals surface area (Å²) in [5.74, 6) is 0.641. The monoisotopic (exact) mass is 416 g/mol. The fourth-order valence-corrected chi connectivity index (χ4v) is 4.24. The predicted octanol–water partition coefficient (Wildman–Crippen LogP) is 4.01. The number of methoxy groups -OCH3 is 1. The van der Waals surface area contributed by atoms with Crippen LogP contribution in [0.25, 0.3) is 22.4 Å². The molecule has 0 spiro atoms. The van der Waals surface area contributed by atoms with E-state index in [1.165, 1.54) is 17.7 Å². The van der Waals surface area contributed by atoms with Crippen LogP contribution in [0.4, 0.5) is 0 Å². The second-order valence-electron chi connectivity index (χ2n) is 7.66. The molecule has 0 aliphatic heterocycles. The summed E-state index contributed by atoms with van der Waals surface area (Å²) < 4.78 is 13.1. The second kappa shape index (κ2) is 8.26. The summed E-state index contributed by atoms with van der Waals surface area (Å²) in [7, 11) is 1.58. The van der Waals surface area contributed by atoms with Crippen LogP contribution in [0, 0.1) is 0 Å². The van der Waals surface area contributed by atoms with Crippen molar-refractivity contribution in [1.29, 1.82) is 0 Å². The Morgan fingerprint density at radius 1 is 1.19 bits per heavy atom. The molecule has 7 nitrogen and oxygen atoms in total. The molecular formula is C24H24N4O3. The van der Waals surface area contributed by atoms with E-state index in [4.69, 9.17) is 14.3 Å². The number of furan rings is 1. The molecule has 0 saturated heterocycles. The van der Waals surface area contributed by atoms with E-state index in [9.17, 15) is 4.79 Å². The lowest BCUT2D eigenvalue weighted by Crippen LogP contribution is -2.27. The van der Waals surface area contributed by atoms with Gasteiger partial charge in [-0.3, -0.25) is 14.5 Å². The number of nitrogens with zero attached hydrogens (tertiary/aromatic N) is 3. The van der Waals surface area contributed by atoms with Gasteiger partial charge < -0.3 is 14.5 Å². The molecule has 1 aliphatic rings. The van der Waals surface area contributed by atoms with Crippen LogP contribution in [0.15, 0.2) is 53.1 Å². The maximum atomic E-state index is 12.6. The Labute approximate surface area is 180 Å². The fourth-order valence-electron chi connectivity index (χ4n) is 4.24. The minimum Gasteiger partial charge on any atom is -0.493 e. The normalized spacial score (nSPS) is 13.2. The van der Waals surface area contributed by atoms with Gasteiger partial charge in [0, 0.05) is 29.4 Å². The molecule has 7 heteroatoms. The number of nitrogens with one attached hydrogen (secondary N) is 1. The van der Waals surface area contributed by atoms with Crippen molar-refractivity contribution < 1.29 is 13.9 Å². The van der Waals surface area contributed by atoms with Crippen LogP contribution in [0.3, 0.4) is 0 Å². The molecule has 1 N–H and O–H groups in total. The standard InChI is InChI=1S/C24H24N4O3/c1-30-20-11-6-7-16-15-21(31-23(16)20)24(29)26-13-14-28-19-10-3-2-8-17(19)22(27-28)18-9-4-5-12-25-18/h4-7,9,11-12,15H,2-3,8,10,13-14H2,1H3,(H,26,29). The van der Waals surface area contributed by atoms with Gasteiger partial charge in [0.2, 0.25) is 0 Å². The Bertz CT molecular complexity index is 1230. The highest BCUT2D eigenvalue weighted by Crippen LogP contribution is 2.30. The summed E-state index contributed by atoms with van der Waals surface area (Å²) >= 11 is 0. The first-order valence-corrected chi connectivity index (χ1v) is 10.6. The molecule has 0 saturated carbocycles. The van der Waals surface area contributed by atoms with Gasteiger partial charge in [0.15, 0.2) is 17.1 Å². The SMILES string of the molecule is COc1cccc2cc(C(=O)NCCn3nc(-c4ccccn4)c4c3CCCC4)oc12. The summed E-state index contributed by atoms with van der Waals surface area (Å²) in [6.45, 7) is 1.06. The van der Waals surface area contributed by atoms with Crippen molar-refractivity contribution in [1.82, 2.24) is 20.1 Å². The molecule has 1 aromatic carbocycles. The zero-order chi connectivity index (χ0) is 21.2. The highest BCUT2D eigenvalue weighted by atomic mass is 16.5. The number of amides is 1. The van der Waals surface area contributed by atoms with Crippen LogP contribution in [-0.4, -0.2) is 34.3 Å². The number of hydrogen-bond acceptors (Lipinski definition) is 5. The molecule has 1 amide bonds. The minimum absolute atomic E-state index is 0.246. The lowest BCUT2D eigenvalue weighted by Gasteiger charge is -2.14. The van der Waals surface area contributed by atoms with Gasteiger partial charge in [-0.2, -0.15) is 5.10 Å². The topological polar surface area (TPSA) is 82.2 Å². The minimum atomic E-state index is -0.246. The number of rotatable bonds is 6. The van der Waals surface area contributed by atoms with Crippen molar-refractivity contribution in [3.05, 3.63) is 65.7 Å². The van der Waals surface area contributed by atoms with Crippen LogP contribution in [0.1, 0.15) is 34.7 Å². The summed E-state index contributed by atoms with van der Waals surface area (Å²) in [6.07, 6.45) is 6.16. The zero-order valence-corrected chi connectivity index (χ0v) is 17.4. The van der Waals surface area contributed by atoms with Gasteiger partial charge >= 0.3 is 0 Å². The third-order valence-electron chi connectivity index (χ3n) is 5.73. The highest BCUT2D eigenvalue weighted by molar-refractivity contribution is 5.97. The maximum absolute atomic E-state index is 12.6. The molecule has 158 valence electrons. The Balaban J connectivity index is 1.31. The second-order valence-corrected chi connectivity index (χ2v) is 7.66. The predicted molar refractivity (Wildman–Crippen MR) is 117 cm³/mol. The molecule has 31 heavy (non-hydrogen) atoms. The van der Waals surface area contributed by atoms with Crippen LogP contribution in [0.2, 0.25) is 0 Å². The van der Waals surface area contributed by atoms with E-state index in [0.717, 1.165) is 36.0 Å². The summed E-state index contributed by atoms with van der Waals surface area (Å²) in [6, 6.07) is 13.2. The summed E-state index contributed by atoms with van der Waals surface area (Å²) in [5.41, 5.74) is 5.00. The third kappa shape index (κ3) is 3.67. The molecule has 0 radical (unpaired) electrons. The van der Waals surface area contributed by atoms with E-state index in [-0.39, 0.29) is 11.7 Å². The molecule has 5 rings (SSSR count). The Kier molecular flexibility index (Phi) is 5.16. The quantitative estimate of drug-likeness (QED) is 0.514. The van der Waals surface area contributed by atoms with Gasteiger partial charge in [-0.25, -0.2) is 0 Å². The fraction of sp³-hybridized carbons (Fsp3) is 0.292. The number of pyridine rings is 1. The van der Waals surface area contributed by atoms with Crippen molar-refractivity contribution in [2.24, 2.45) is 0 Å². The number of fused-ring (bicyclic) bond motifs is 2. The molecule has 3 heterocycles. The van der Waals surface area contributed by atoms with Gasteiger partial charge in [-0.05, 0) is 49.9 Å². The van der Waals surface area contributed by atoms with Crippen molar-refractivity contribution in [2.45, 2.75) is 32.2 Å². The smallest absolute Gasteiger partial charge is 0.287 e. The van der Waals surface area contributed by atoms with E-state index in [2.05, 4.69) is 10.3 Å². The van der Waals surface area contributed by atoms with Crippen LogP contribution in [0.5, 0.6) is 5.75 Å². The van der Waals surface area contributed by atoms with Crippen molar-refractivity contribution in [2.75, 3.05) is 13.7 Å². The number of carbonyl (C=O) groups is 1. The van der Waals surface area contributed by atoms with Crippen LogP contribution in [-0.2, 0) is 19.4 Å². The van der Waals surface area contributed by atoms with E-state index in [1.807, 2.05) is 41.1 Å². The average molecular weight is 416 g/mol. The Morgan fingerprint density at radius 3 is 2.94 bits per heavy atom. The number of ether oxygens (including phenoxy) is 1. The molecule has 4 aromatic rings. The Hall–Kier alpha value is -3.61. The average Bonchev–Trinajstić information content (AvgIpc) is 3.42. The van der Waals surface area contributed by atoms with Crippen molar-refractivity contribution in [3.8, 4) is 17.1 Å². The summed E-state index contributed by atoms with van der Waals surface area (Å²) in [5, 5.41) is 8.64. The first kappa shape index (κ1) is 19.4. The third-order valence-corrected chi connectivity index (χ3v) is 5.73. The van der Waals surface area contributed by atoms with Gasteiger partial charge in [0.1, 0.15) is 5.69 Å². The van der Waals surface area contributed by atoms with E-state index in [1.54, 1.807) is 19.4 Å². The number of hydrogen-bond donors (Lipinski definition) is 1. The lowest BCUT2D eigenvalue weighted by atomic mass is 9.95. The van der Waals surface area contributed by atoms with Crippen molar-refractivity contribution in [3.63, 3.8) is 0 Å². The van der Waals surface area contributed by atoms with Gasteiger partial charge in [0.25, 0.3) is 5.91 Å². The maximum Gasteiger partial charge on any atom is 0.287 e. The van der Waals surface area contributed by atoms with Gasteiger partial charge in [-0.15, -0.1) is 0 Å². The largest absolute Gasteiger partial charge is 0.493 e. The zero-order valence-electron chi connectivity index (χ0n) is 17.4. The first-order valence-electron chi connectivity index (χ1n) is 10.6. The molecule has 0 unspecified atom stereocenters. The molecule has 0 fully saturated rings. The first-order chi connectivity index (χ1) is 15.2. The Morgan fingerprint density at radius 2 is 2.10 bits per heavy atom. The molecule has 1 aliphatic carbocycles. The van der Waals surface area contributed by atoms with Crippen LogP contribution < -0.4 is 10.1 Å². The summed E-state index contributed by atoms with van der Waals surface area (Å²) in [4.78, 5) is 17.1. The molecular weight excluding hydrogens is 392 g/mol. The molecule has 0 atom stereocenters. The molecule has 0 bridgehead atoms. The number of para-hydroxylation sites is 1. The number of carbonyl (C=O) groups excluding carboxylic acids is 1. The molecule has 3 aromatic heterocycles.